The Morgan fingerprint density at radius 3 is 2.50 bits per heavy atom. The zero-order chi connectivity index (χ0) is 19.3. The smallest absolute Gasteiger partial charge is 0.215 e. The SMILES string of the molecule is COc1ccc(-c2nc(C)c3c(C)nc4ccc(OCC5CC5)nc4n23)cn1. The van der Waals surface area contributed by atoms with E-state index in [0.717, 1.165) is 46.1 Å². The molecule has 0 atom stereocenters. The summed E-state index contributed by atoms with van der Waals surface area (Å²) < 4.78 is 13.1. The second-order valence-electron chi connectivity index (χ2n) is 7.24. The van der Waals surface area contributed by atoms with E-state index < -0.39 is 0 Å². The van der Waals surface area contributed by atoms with Crippen molar-refractivity contribution in [2.45, 2.75) is 26.7 Å². The Kier molecular flexibility index (Phi) is 3.89. The summed E-state index contributed by atoms with van der Waals surface area (Å²) in [6.45, 7) is 4.71. The predicted molar refractivity (Wildman–Crippen MR) is 106 cm³/mol. The van der Waals surface area contributed by atoms with Gasteiger partial charge in [-0.2, -0.15) is 4.98 Å². The maximum Gasteiger partial charge on any atom is 0.215 e. The molecular formula is C21H21N5O2. The van der Waals surface area contributed by atoms with Crippen LogP contribution >= 0.6 is 0 Å². The van der Waals surface area contributed by atoms with Crippen molar-refractivity contribution in [2.75, 3.05) is 13.7 Å². The number of ether oxygens (including phenoxy) is 2. The Hall–Kier alpha value is -3.22. The Morgan fingerprint density at radius 2 is 1.79 bits per heavy atom. The summed E-state index contributed by atoms with van der Waals surface area (Å²) in [6.07, 6.45) is 4.25. The average Bonchev–Trinajstić information content (AvgIpc) is 3.48. The molecule has 5 rings (SSSR count). The van der Waals surface area contributed by atoms with Gasteiger partial charge < -0.3 is 9.47 Å². The van der Waals surface area contributed by atoms with Gasteiger partial charge in [0.25, 0.3) is 0 Å². The van der Waals surface area contributed by atoms with Gasteiger partial charge in [0.1, 0.15) is 11.3 Å². The number of fused-ring (bicyclic) bond motifs is 3. The van der Waals surface area contributed by atoms with Crippen LogP contribution in [0.1, 0.15) is 24.2 Å². The Labute approximate surface area is 162 Å². The van der Waals surface area contributed by atoms with E-state index >= 15 is 0 Å². The van der Waals surface area contributed by atoms with Crippen LogP contribution in [0.4, 0.5) is 0 Å². The maximum atomic E-state index is 5.90. The van der Waals surface area contributed by atoms with E-state index in [1.807, 2.05) is 38.1 Å². The number of hydrogen-bond acceptors (Lipinski definition) is 6. The molecule has 0 aromatic carbocycles. The van der Waals surface area contributed by atoms with Crippen molar-refractivity contribution in [2.24, 2.45) is 5.92 Å². The van der Waals surface area contributed by atoms with Gasteiger partial charge in [-0.25, -0.2) is 15.0 Å². The first-order valence-corrected chi connectivity index (χ1v) is 9.43. The molecule has 1 aliphatic rings. The highest BCUT2D eigenvalue weighted by Gasteiger charge is 2.22. The molecule has 1 saturated carbocycles. The number of pyridine rings is 2. The molecule has 1 aliphatic carbocycles. The highest BCUT2D eigenvalue weighted by atomic mass is 16.5. The fourth-order valence-electron chi connectivity index (χ4n) is 3.46. The number of aryl methyl sites for hydroxylation is 2. The fraction of sp³-hybridized carbons (Fsp3) is 0.333. The van der Waals surface area contributed by atoms with Gasteiger partial charge in [0, 0.05) is 23.9 Å². The third-order valence-corrected chi connectivity index (χ3v) is 5.09. The molecule has 28 heavy (non-hydrogen) atoms. The molecule has 142 valence electrons. The van der Waals surface area contributed by atoms with E-state index in [-0.39, 0.29) is 0 Å². The van der Waals surface area contributed by atoms with Crippen molar-refractivity contribution < 1.29 is 9.47 Å². The van der Waals surface area contributed by atoms with E-state index in [0.29, 0.717) is 17.7 Å². The van der Waals surface area contributed by atoms with Crippen molar-refractivity contribution >= 4 is 16.7 Å². The molecule has 4 aromatic rings. The number of rotatable bonds is 5. The second-order valence-corrected chi connectivity index (χ2v) is 7.24. The molecule has 0 radical (unpaired) electrons. The summed E-state index contributed by atoms with van der Waals surface area (Å²) in [7, 11) is 1.60. The normalized spacial score (nSPS) is 14.0. The molecule has 0 amide bonds. The minimum atomic E-state index is 0.568. The number of hydrogen-bond donors (Lipinski definition) is 0. The third kappa shape index (κ3) is 2.83. The molecule has 0 saturated heterocycles. The van der Waals surface area contributed by atoms with Gasteiger partial charge in [-0.05, 0) is 44.7 Å². The van der Waals surface area contributed by atoms with Crippen LogP contribution in [0, 0.1) is 19.8 Å². The maximum absolute atomic E-state index is 5.90. The lowest BCUT2D eigenvalue weighted by Gasteiger charge is -2.10. The van der Waals surface area contributed by atoms with Crippen molar-refractivity contribution in [3.8, 4) is 23.1 Å². The molecule has 7 nitrogen and oxygen atoms in total. The zero-order valence-electron chi connectivity index (χ0n) is 16.1. The van der Waals surface area contributed by atoms with Crippen LogP contribution in [-0.4, -0.2) is 38.1 Å². The molecular weight excluding hydrogens is 354 g/mol. The summed E-state index contributed by atoms with van der Waals surface area (Å²) in [5.74, 6) is 2.64. The van der Waals surface area contributed by atoms with Crippen molar-refractivity contribution in [3.63, 3.8) is 0 Å². The lowest BCUT2D eigenvalue weighted by atomic mass is 10.2. The van der Waals surface area contributed by atoms with Crippen molar-refractivity contribution in [1.29, 1.82) is 0 Å². The highest BCUT2D eigenvalue weighted by Crippen LogP contribution is 2.31. The number of imidazole rings is 1. The molecule has 0 unspecified atom stereocenters. The van der Waals surface area contributed by atoms with E-state index in [1.54, 1.807) is 13.3 Å². The first-order valence-electron chi connectivity index (χ1n) is 9.43. The van der Waals surface area contributed by atoms with E-state index in [9.17, 15) is 0 Å². The zero-order valence-corrected chi connectivity index (χ0v) is 16.1. The molecule has 0 bridgehead atoms. The molecule has 1 fully saturated rings. The Bertz CT molecular complexity index is 1180. The molecule has 4 aromatic heterocycles. The molecule has 0 aliphatic heterocycles. The number of aromatic nitrogens is 5. The second kappa shape index (κ2) is 6.44. The van der Waals surface area contributed by atoms with Crippen LogP contribution in [0.15, 0.2) is 30.5 Å². The quantitative estimate of drug-likeness (QED) is 0.529. The largest absolute Gasteiger partial charge is 0.481 e. The van der Waals surface area contributed by atoms with Crippen LogP contribution < -0.4 is 9.47 Å². The Morgan fingerprint density at radius 1 is 1.00 bits per heavy atom. The summed E-state index contributed by atoms with van der Waals surface area (Å²) in [4.78, 5) is 18.6. The summed E-state index contributed by atoms with van der Waals surface area (Å²) >= 11 is 0. The lowest BCUT2D eigenvalue weighted by molar-refractivity contribution is 0.289. The van der Waals surface area contributed by atoms with Crippen LogP contribution in [0.3, 0.4) is 0 Å². The van der Waals surface area contributed by atoms with Gasteiger partial charge in [-0.1, -0.05) is 0 Å². The third-order valence-electron chi connectivity index (χ3n) is 5.09. The van der Waals surface area contributed by atoms with Crippen molar-refractivity contribution in [1.82, 2.24) is 24.3 Å². The number of nitrogens with zero attached hydrogens (tertiary/aromatic N) is 5. The monoisotopic (exact) mass is 375 g/mol. The van der Waals surface area contributed by atoms with E-state index in [1.165, 1.54) is 12.8 Å². The summed E-state index contributed by atoms with van der Waals surface area (Å²) in [6, 6.07) is 7.64. The van der Waals surface area contributed by atoms with Gasteiger partial charge in [-0.15, -0.1) is 0 Å². The minimum Gasteiger partial charge on any atom is -0.481 e. The molecule has 0 spiro atoms. The van der Waals surface area contributed by atoms with Crippen LogP contribution in [-0.2, 0) is 0 Å². The topological polar surface area (TPSA) is 74.4 Å². The lowest BCUT2D eigenvalue weighted by Crippen LogP contribution is -2.04. The van der Waals surface area contributed by atoms with E-state index in [2.05, 4.69) is 9.38 Å². The average molecular weight is 375 g/mol. The molecule has 4 heterocycles. The van der Waals surface area contributed by atoms with Crippen LogP contribution in [0.5, 0.6) is 11.8 Å². The first-order chi connectivity index (χ1) is 13.6. The highest BCUT2D eigenvalue weighted by molar-refractivity contribution is 5.81. The van der Waals surface area contributed by atoms with Gasteiger partial charge in [-0.3, -0.25) is 4.40 Å². The Balaban J connectivity index is 1.72. The van der Waals surface area contributed by atoms with E-state index in [4.69, 9.17) is 24.4 Å². The van der Waals surface area contributed by atoms with Gasteiger partial charge in [0.15, 0.2) is 5.65 Å². The summed E-state index contributed by atoms with van der Waals surface area (Å²) in [5.41, 5.74) is 5.22. The van der Waals surface area contributed by atoms with Gasteiger partial charge in [0.2, 0.25) is 11.8 Å². The standard InChI is InChI=1S/C21H21N5O2/c1-12-19-13(2)24-20(15-6-8-17(27-3)22-10-15)26(19)21-16(23-12)7-9-18(25-21)28-11-14-4-5-14/h6-10,14H,4-5,11H2,1-3H3. The minimum absolute atomic E-state index is 0.568. The first kappa shape index (κ1) is 16.9. The van der Waals surface area contributed by atoms with Crippen LogP contribution in [0.25, 0.3) is 28.1 Å². The number of methoxy groups -OCH3 is 1. The van der Waals surface area contributed by atoms with Gasteiger partial charge >= 0.3 is 0 Å². The summed E-state index contributed by atoms with van der Waals surface area (Å²) in [5, 5.41) is 0. The molecule has 7 heteroatoms. The van der Waals surface area contributed by atoms with Gasteiger partial charge in [0.05, 0.1) is 30.6 Å². The molecule has 0 N–H and O–H groups in total. The van der Waals surface area contributed by atoms with Crippen LogP contribution in [0.2, 0.25) is 0 Å². The van der Waals surface area contributed by atoms with Crippen molar-refractivity contribution in [3.05, 3.63) is 41.9 Å². The fourth-order valence-corrected chi connectivity index (χ4v) is 3.46. The predicted octanol–water partition coefficient (Wildman–Crippen LogP) is 3.75.